The zero-order valence-electron chi connectivity index (χ0n) is 15.1. The van der Waals surface area contributed by atoms with Crippen LogP contribution in [-0.4, -0.2) is 25.7 Å². The van der Waals surface area contributed by atoms with E-state index in [2.05, 4.69) is 0 Å². The fourth-order valence-electron chi connectivity index (χ4n) is 2.64. The van der Waals surface area contributed by atoms with E-state index in [1.807, 2.05) is 0 Å². The molecule has 0 aliphatic carbocycles. The zero-order chi connectivity index (χ0) is 21.2. The Labute approximate surface area is 167 Å². The molecule has 28 heavy (non-hydrogen) atoms. The fourth-order valence-corrected chi connectivity index (χ4v) is 4.31. The van der Waals surface area contributed by atoms with Crippen LogP contribution >= 0.6 is 11.6 Å². The van der Waals surface area contributed by atoms with Crippen molar-refractivity contribution in [3.8, 4) is 0 Å². The third-order valence-corrected chi connectivity index (χ3v) is 6.46. The van der Waals surface area contributed by atoms with Crippen LogP contribution in [0.5, 0.6) is 0 Å². The van der Waals surface area contributed by atoms with Crippen LogP contribution in [0.15, 0.2) is 52.3 Å². The van der Waals surface area contributed by atoms with Crippen molar-refractivity contribution < 1.29 is 26.7 Å². The maximum Gasteiger partial charge on any atom is 0.416 e. The summed E-state index contributed by atoms with van der Waals surface area (Å²) in [6.45, 7) is 1.56. The standard InChI is InChI=1S/C19H21ClF3NO3S/c1-18(24,12-25)9-3-4-13-7-8-16(11-17(13)20)28(26,27)15-6-2-5-14(10-15)19(21,22)23/h2,5-8,10-11,25H,3-4,9,12,24H2,1H3. The van der Waals surface area contributed by atoms with Gasteiger partial charge in [0, 0.05) is 10.6 Å². The van der Waals surface area contributed by atoms with Crippen LogP contribution in [0.3, 0.4) is 0 Å². The summed E-state index contributed by atoms with van der Waals surface area (Å²) in [6.07, 6.45) is -2.94. The number of alkyl halides is 3. The Balaban J connectivity index is 2.25. The van der Waals surface area contributed by atoms with Gasteiger partial charge >= 0.3 is 6.18 Å². The van der Waals surface area contributed by atoms with E-state index < -0.39 is 32.0 Å². The van der Waals surface area contributed by atoms with Gasteiger partial charge < -0.3 is 10.8 Å². The van der Waals surface area contributed by atoms with Gasteiger partial charge in [-0.15, -0.1) is 0 Å². The van der Waals surface area contributed by atoms with Crippen molar-refractivity contribution in [3.63, 3.8) is 0 Å². The Kier molecular flexibility index (Phi) is 6.81. The Bertz CT molecular complexity index is 944. The van der Waals surface area contributed by atoms with Crippen molar-refractivity contribution in [2.45, 2.75) is 47.7 Å². The number of halogens is 4. The third kappa shape index (κ3) is 5.47. The van der Waals surface area contributed by atoms with Gasteiger partial charge in [-0.05, 0) is 62.1 Å². The summed E-state index contributed by atoms with van der Waals surface area (Å²) in [5.41, 5.74) is 4.81. The summed E-state index contributed by atoms with van der Waals surface area (Å²) in [6, 6.07) is 7.68. The van der Waals surface area contributed by atoms with Crippen LogP contribution in [0.25, 0.3) is 0 Å². The van der Waals surface area contributed by atoms with Crippen LogP contribution < -0.4 is 5.73 Å². The number of aliphatic hydroxyl groups is 1. The SMILES string of the molecule is CC(N)(CO)CCCc1ccc(S(=O)(=O)c2cccc(C(F)(F)F)c2)cc1Cl. The number of sulfone groups is 1. The smallest absolute Gasteiger partial charge is 0.394 e. The summed E-state index contributed by atoms with van der Waals surface area (Å²) in [7, 11) is -4.15. The van der Waals surface area contributed by atoms with E-state index in [4.69, 9.17) is 22.4 Å². The molecule has 0 amide bonds. The van der Waals surface area contributed by atoms with Crippen LogP contribution in [0.2, 0.25) is 5.02 Å². The molecular weight excluding hydrogens is 415 g/mol. The molecule has 1 unspecified atom stereocenters. The second kappa shape index (κ2) is 8.41. The lowest BCUT2D eigenvalue weighted by molar-refractivity contribution is -0.137. The van der Waals surface area contributed by atoms with Crippen molar-refractivity contribution in [1.82, 2.24) is 0 Å². The molecule has 0 saturated heterocycles. The zero-order valence-corrected chi connectivity index (χ0v) is 16.7. The van der Waals surface area contributed by atoms with Gasteiger partial charge in [0.05, 0.1) is 22.0 Å². The Hall–Kier alpha value is -1.61. The molecule has 0 aromatic heterocycles. The van der Waals surface area contributed by atoms with Crippen molar-refractivity contribution in [2.75, 3.05) is 6.61 Å². The van der Waals surface area contributed by atoms with Crippen molar-refractivity contribution in [3.05, 3.63) is 58.6 Å². The second-order valence-electron chi connectivity index (χ2n) is 6.95. The van der Waals surface area contributed by atoms with Gasteiger partial charge in [-0.2, -0.15) is 13.2 Å². The summed E-state index contributed by atoms with van der Waals surface area (Å²) in [5, 5.41) is 9.37. The molecule has 0 bridgehead atoms. The molecular formula is C19H21ClF3NO3S. The van der Waals surface area contributed by atoms with Gasteiger partial charge in [-0.3, -0.25) is 0 Å². The first-order chi connectivity index (χ1) is 12.9. The number of hydrogen-bond acceptors (Lipinski definition) is 4. The van der Waals surface area contributed by atoms with E-state index in [1.165, 1.54) is 18.2 Å². The monoisotopic (exact) mass is 435 g/mol. The molecule has 2 rings (SSSR count). The van der Waals surface area contributed by atoms with E-state index in [1.54, 1.807) is 6.92 Å². The minimum atomic E-state index is -4.64. The van der Waals surface area contributed by atoms with Crippen LogP contribution in [-0.2, 0) is 22.4 Å². The minimum Gasteiger partial charge on any atom is -0.394 e. The molecule has 1 atom stereocenters. The molecule has 0 saturated carbocycles. The minimum absolute atomic E-state index is 0.158. The highest BCUT2D eigenvalue weighted by Gasteiger charge is 2.32. The van der Waals surface area contributed by atoms with Crippen molar-refractivity contribution in [2.24, 2.45) is 5.73 Å². The molecule has 0 fully saturated rings. The molecule has 2 aromatic carbocycles. The maximum atomic E-state index is 12.9. The number of hydrogen-bond donors (Lipinski definition) is 2. The van der Waals surface area contributed by atoms with E-state index in [-0.39, 0.29) is 16.5 Å². The number of benzene rings is 2. The highest BCUT2D eigenvalue weighted by atomic mass is 35.5. The summed E-state index contributed by atoms with van der Waals surface area (Å²) >= 11 is 6.19. The van der Waals surface area contributed by atoms with Gasteiger partial charge in [0.2, 0.25) is 9.84 Å². The molecule has 4 nitrogen and oxygen atoms in total. The largest absolute Gasteiger partial charge is 0.416 e. The van der Waals surface area contributed by atoms with Gasteiger partial charge in [0.25, 0.3) is 0 Å². The lowest BCUT2D eigenvalue weighted by atomic mass is 9.95. The van der Waals surface area contributed by atoms with Gasteiger partial charge in [-0.1, -0.05) is 23.7 Å². The first-order valence-corrected chi connectivity index (χ1v) is 10.3. The summed E-state index contributed by atoms with van der Waals surface area (Å²) in [5.74, 6) is 0. The molecule has 3 N–H and O–H groups in total. The van der Waals surface area contributed by atoms with Crippen molar-refractivity contribution in [1.29, 1.82) is 0 Å². The topological polar surface area (TPSA) is 80.4 Å². The van der Waals surface area contributed by atoms with Crippen LogP contribution in [0.1, 0.15) is 30.9 Å². The summed E-state index contributed by atoms with van der Waals surface area (Å²) < 4.78 is 64.0. The third-order valence-electron chi connectivity index (χ3n) is 4.36. The second-order valence-corrected chi connectivity index (χ2v) is 9.30. The molecule has 154 valence electrons. The quantitative estimate of drug-likeness (QED) is 0.682. The van der Waals surface area contributed by atoms with E-state index in [9.17, 15) is 21.6 Å². The first-order valence-electron chi connectivity index (χ1n) is 8.47. The highest BCUT2D eigenvalue weighted by Crippen LogP contribution is 2.33. The highest BCUT2D eigenvalue weighted by molar-refractivity contribution is 7.91. The van der Waals surface area contributed by atoms with Gasteiger partial charge in [0.15, 0.2) is 0 Å². The molecule has 0 radical (unpaired) electrons. The van der Waals surface area contributed by atoms with Crippen LogP contribution in [0.4, 0.5) is 13.2 Å². The lowest BCUT2D eigenvalue weighted by Crippen LogP contribution is -2.40. The Morgan fingerprint density at radius 3 is 2.32 bits per heavy atom. The van der Waals surface area contributed by atoms with Gasteiger partial charge in [-0.25, -0.2) is 8.42 Å². The molecule has 2 aromatic rings. The van der Waals surface area contributed by atoms with Crippen molar-refractivity contribution >= 4 is 21.4 Å². The number of nitrogens with two attached hydrogens (primary N) is 1. The molecule has 0 aliphatic rings. The molecule has 0 heterocycles. The first kappa shape index (κ1) is 22.7. The average Bonchev–Trinajstić information content (AvgIpc) is 2.62. The maximum absolute atomic E-state index is 12.9. The fraction of sp³-hybridized carbons (Fsp3) is 0.368. The normalized spacial score (nSPS) is 14.7. The van der Waals surface area contributed by atoms with Gasteiger partial charge in [0.1, 0.15) is 0 Å². The molecule has 0 aliphatic heterocycles. The number of rotatable bonds is 7. The van der Waals surface area contributed by atoms with Crippen LogP contribution in [0, 0.1) is 0 Å². The predicted molar refractivity (Wildman–Crippen MR) is 101 cm³/mol. The Morgan fingerprint density at radius 2 is 1.75 bits per heavy atom. The number of aliphatic hydroxyl groups excluding tert-OH is 1. The molecule has 0 spiro atoms. The Morgan fingerprint density at radius 1 is 1.11 bits per heavy atom. The molecule has 9 heteroatoms. The van der Waals surface area contributed by atoms with E-state index >= 15 is 0 Å². The lowest BCUT2D eigenvalue weighted by Gasteiger charge is -2.21. The average molecular weight is 436 g/mol. The number of aryl methyl sites for hydroxylation is 1. The van der Waals surface area contributed by atoms with E-state index in [0.717, 1.165) is 18.2 Å². The summed E-state index contributed by atoms with van der Waals surface area (Å²) in [4.78, 5) is -0.632. The predicted octanol–water partition coefficient (Wildman–Crippen LogP) is 4.22. The van der Waals surface area contributed by atoms with E-state index in [0.29, 0.717) is 30.9 Å².